The van der Waals surface area contributed by atoms with Gasteiger partial charge >= 0.3 is 0 Å². The van der Waals surface area contributed by atoms with E-state index in [9.17, 15) is 5.11 Å². The topological polar surface area (TPSA) is 38.7 Å². The van der Waals surface area contributed by atoms with Crippen molar-refractivity contribution in [1.29, 1.82) is 0 Å². The summed E-state index contributed by atoms with van der Waals surface area (Å²) in [6.45, 7) is 3.75. The molecule has 1 atom stereocenters. The van der Waals surface area contributed by atoms with Gasteiger partial charge < -0.3 is 14.6 Å². The van der Waals surface area contributed by atoms with Gasteiger partial charge in [0.25, 0.3) is 0 Å². The van der Waals surface area contributed by atoms with Gasteiger partial charge in [0.1, 0.15) is 5.60 Å². The molecule has 1 N–H and O–H groups in total. The molecule has 0 aliphatic carbocycles. The van der Waals surface area contributed by atoms with Gasteiger partial charge in [-0.15, -0.1) is 0 Å². The average molecular weight is 224 g/mol. The predicted octanol–water partition coefficient (Wildman–Crippen LogP) is 1.91. The van der Waals surface area contributed by atoms with Gasteiger partial charge in [-0.05, 0) is 25.0 Å². The maximum Gasteiger partial charge on any atom is 0.185 e. The van der Waals surface area contributed by atoms with Crippen LogP contribution in [0.2, 0.25) is 0 Å². The Bertz CT molecular complexity index is 330. The van der Waals surface area contributed by atoms with E-state index in [1.165, 1.54) is 14.2 Å². The van der Waals surface area contributed by atoms with Crippen LogP contribution < -0.4 is 0 Å². The number of hydrogen-bond acceptors (Lipinski definition) is 3. The first-order valence-corrected chi connectivity index (χ1v) is 5.33. The predicted molar refractivity (Wildman–Crippen MR) is 63.3 cm³/mol. The van der Waals surface area contributed by atoms with E-state index < -0.39 is 11.9 Å². The average Bonchev–Trinajstić information content (AvgIpc) is 2.22. The van der Waals surface area contributed by atoms with Crippen LogP contribution in [0.5, 0.6) is 0 Å². The third-order valence-electron chi connectivity index (χ3n) is 2.75. The first-order valence-electron chi connectivity index (χ1n) is 5.33. The Kier molecular flexibility index (Phi) is 4.47. The Hall–Kier alpha value is -0.900. The molecule has 1 aromatic rings. The molecule has 0 aromatic heterocycles. The van der Waals surface area contributed by atoms with Crippen molar-refractivity contribution >= 4 is 0 Å². The summed E-state index contributed by atoms with van der Waals surface area (Å²) in [6, 6.07) is 7.98. The van der Waals surface area contributed by atoms with Crippen LogP contribution in [-0.4, -0.2) is 31.2 Å². The van der Waals surface area contributed by atoms with Gasteiger partial charge in [0, 0.05) is 20.6 Å². The van der Waals surface area contributed by atoms with Crippen LogP contribution in [-0.2, 0) is 15.9 Å². The minimum absolute atomic E-state index is 0.506. The molecule has 1 unspecified atom stereocenters. The second kappa shape index (κ2) is 5.43. The number of aliphatic hydroxyl groups is 1. The van der Waals surface area contributed by atoms with Gasteiger partial charge in [-0.2, -0.15) is 0 Å². The van der Waals surface area contributed by atoms with Crippen LogP contribution in [0.1, 0.15) is 18.1 Å². The van der Waals surface area contributed by atoms with Crippen molar-refractivity contribution in [3.8, 4) is 0 Å². The maximum atomic E-state index is 10.3. The highest BCUT2D eigenvalue weighted by molar-refractivity contribution is 5.27. The smallest absolute Gasteiger partial charge is 0.185 e. The Morgan fingerprint density at radius 1 is 1.25 bits per heavy atom. The highest BCUT2D eigenvalue weighted by Gasteiger charge is 2.32. The number of hydrogen-bond donors (Lipinski definition) is 1. The van der Waals surface area contributed by atoms with Crippen molar-refractivity contribution in [2.75, 3.05) is 14.2 Å². The first kappa shape index (κ1) is 13.2. The Morgan fingerprint density at radius 3 is 2.31 bits per heavy atom. The molecule has 0 spiro atoms. The summed E-state index contributed by atoms with van der Waals surface area (Å²) < 4.78 is 10.2. The molecule has 0 fully saturated rings. The summed E-state index contributed by atoms with van der Waals surface area (Å²) in [5.74, 6) is 0. The molecule has 1 rings (SSSR count). The van der Waals surface area contributed by atoms with Gasteiger partial charge in [0.2, 0.25) is 0 Å². The summed E-state index contributed by atoms with van der Waals surface area (Å²) >= 11 is 0. The van der Waals surface area contributed by atoms with Crippen LogP contribution in [0, 0.1) is 6.92 Å². The van der Waals surface area contributed by atoms with E-state index >= 15 is 0 Å². The van der Waals surface area contributed by atoms with Crippen LogP contribution in [0.15, 0.2) is 24.3 Å². The Morgan fingerprint density at radius 2 is 1.81 bits per heavy atom. The molecule has 0 aliphatic heterocycles. The van der Waals surface area contributed by atoms with E-state index in [2.05, 4.69) is 0 Å². The first-order chi connectivity index (χ1) is 7.51. The van der Waals surface area contributed by atoms with Crippen LogP contribution in [0.4, 0.5) is 0 Å². The van der Waals surface area contributed by atoms with E-state index in [-0.39, 0.29) is 0 Å². The van der Waals surface area contributed by atoms with Gasteiger partial charge in [0.05, 0.1) is 0 Å². The third kappa shape index (κ3) is 3.04. The molecule has 0 aliphatic rings. The molecule has 1 aromatic carbocycles. The summed E-state index contributed by atoms with van der Waals surface area (Å²) in [7, 11) is 3.06. The van der Waals surface area contributed by atoms with Crippen molar-refractivity contribution in [3.63, 3.8) is 0 Å². The van der Waals surface area contributed by atoms with Crippen molar-refractivity contribution in [1.82, 2.24) is 0 Å². The van der Waals surface area contributed by atoms with Crippen LogP contribution >= 0.6 is 0 Å². The fraction of sp³-hybridized carbons (Fsp3) is 0.538. The van der Waals surface area contributed by atoms with Crippen LogP contribution in [0.3, 0.4) is 0 Å². The van der Waals surface area contributed by atoms with E-state index in [4.69, 9.17) is 9.47 Å². The lowest BCUT2D eigenvalue weighted by molar-refractivity contribution is -0.207. The normalized spacial score (nSPS) is 15.1. The standard InChI is InChI=1S/C13H20O3/c1-10-7-5-6-8-11(10)9-13(2,14)12(15-3)16-4/h5-8,12,14H,9H2,1-4H3. The molecule has 3 nitrogen and oxygen atoms in total. The molecule has 0 radical (unpaired) electrons. The number of ether oxygens (including phenoxy) is 2. The molecule has 16 heavy (non-hydrogen) atoms. The second-order valence-corrected chi connectivity index (χ2v) is 4.26. The lowest BCUT2D eigenvalue weighted by Crippen LogP contribution is -2.43. The minimum atomic E-state index is -1.03. The van der Waals surface area contributed by atoms with Gasteiger partial charge in [-0.25, -0.2) is 0 Å². The lowest BCUT2D eigenvalue weighted by atomic mass is 9.93. The molecule has 3 heteroatoms. The summed E-state index contributed by atoms with van der Waals surface area (Å²) in [5, 5.41) is 10.3. The molecule has 0 heterocycles. The second-order valence-electron chi connectivity index (χ2n) is 4.26. The number of rotatable bonds is 5. The molecular weight excluding hydrogens is 204 g/mol. The van der Waals surface area contributed by atoms with Gasteiger partial charge in [-0.3, -0.25) is 0 Å². The summed E-state index contributed by atoms with van der Waals surface area (Å²) in [4.78, 5) is 0. The number of methoxy groups -OCH3 is 2. The fourth-order valence-corrected chi connectivity index (χ4v) is 1.88. The van der Waals surface area contributed by atoms with Crippen molar-refractivity contribution < 1.29 is 14.6 Å². The zero-order valence-corrected chi connectivity index (χ0v) is 10.4. The quantitative estimate of drug-likeness (QED) is 0.776. The van der Waals surface area contributed by atoms with Crippen molar-refractivity contribution in [3.05, 3.63) is 35.4 Å². The number of benzene rings is 1. The zero-order valence-electron chi connectivity index (χ0n) is 10.4. The maximum absolute atomic E-state index is 10.3. The Balaban J connectivity index is 2.83. The fourth-order valence-electron chi connectivity index (χ4n) is 1.88. The Labute approximate surface area is 97.0 Å². The van der Waals surface area contributed by atoms with Crippen LogP contribution in [0.25, 0.3) is 0 Å². The van der Waals surface area contributed by atoms with Crippen molar-refractivity contribution in [2.24, 2.45) is 0 Å². The van der Waals surface area contributed by atoms with Crippen molar-refractivity contribution in [2.45, 2.75) is 32.2 Å². The van der Waals surface area contributed by atoms with E-state index in [1.807, 2.05) is 31.2 Å². The van der Waals surface area contributed by atoms with Gasteiger partial charge in [0.15, 0.2) is 6.29 Å². The van der Waals surface area contributed by atoms with E-state index in [0.29, 0.717) is 6.42 Å². The lowest BCUT2D eigenvalue weighted by Gasteiger charge is -2.31. The third-order valence-corrected chi connectivity index (χ3v) is 2.75. The monoisotopic (exact) mass is 224 g/mol. The largest absolute Gasteiger partial charge is 0.385 e. The van der Waals surface area contributed by atoms with E-state index in [1.54, 1.807) is 6.92 Å². The highest BCUT2D eigenvalue weighted by Crippen LogP contribution is 2.21. The highest BCUT2D eigenvalue weighted by atomic mass is 16.7. The molecule has 0 amide bonds. The summed E-state index contributed by atoms with van der Waals surface area (Å²) in [5.41, 5.74) is 1.23. The van der Waals surface area contributed by atoms with E-state index in [0.717, 1.165) is 11.1 Å². The molecule has 90 valence electrons. The molecular formula is C13H20O3. The number of aryl methyl sites for hydroxylation is 1. The SMILES string of the molecule is COC(OC)C(C)(O)Cc1ccccc1C. The summed E-state index contributed by atoms with van der Waals surface area (Å²) in [6.07, 6.45) is -0.112. The zero-order chi connectivity index (χ0) is 12.2. The molecule has 0 saturated heterocycles. The minimum Gasteiger partial charge on any atom is -0.385 e. The molecule has 0 bridgehead atoms. The van der Waals surface area contributed by atoms with Gasteiger partial charge in [-0.1, -0.05) is 24.3 Å². The molecule has 0 saturated carbocycles.